The van der Waals surface area contributed by atoms with E-state index in [-0.39, 0.29) is 5.91 Å². The van der Waals surface area contributed by atoms with Gasteiger partial charge in [-0.2, -0.15) is 0 Å². The van der Waals surface area contributed by atoms with Gasteiger partial charge >= 0.3 is 0 Å². The molecule has 24 heavy (non-hydrogen) atoms. The van der Waals surface area contributed by atoms with Crippen LogP contribution in [0.5, 0.6) is 11.5 Å². The highest BCUT2D eigenvalue weighted by Crippen LogP contribution is 2.27. The number of benzene rings is 2. The van der Waals surface area contributed by atoms with E-state index in [2.05, 4.69) is 5.32 Å². The zero-order valence-corrected chi connectivity index (χ0v) is 14.7. The molecule has 0 saturated heterocycles. The average Bonchev–Trinajstić information content (AvgIpc) is 2.61. The molecule has 0 saturated carbocycles. The van der Waals surface area contributed by atoms with Gasteiger partial charge in [0.2, 0.25) is 5.91 Å². The van der Waals surface area contributed by atoms with Gasteiger partial charge in [-0.25, -0.2) is 0 Å². The minimum Gasteiger partial charge on any atom is -0.493 e. The predicted octanol–water partition coefficient (Wildman–Crippen LogP) is 3.65. The van der Waals surface area contributed by atoms with Crippen LogP contribution in [0.15, 0.2) is 42.5 Å². The molecule has 4 nitrogen and oxygen atoms in total. The van der Waals surface area contributed by atoms with Crippen molar-refractivity contribution in [3.63, 3.8) is 0 Å². The number of carbonyl (C=O) groups excluding carboxylic acids is 1. The van der Waals surface area contributed by atoms with Crippen LogP contribution in [0.2, 0.25) is 5.02 Å². The Hall–Kier alpha value is -2.20. The Kier molecular flexibility index (Phi) is 6.94. The van der Waals surface area contributed by atoms with Crippen LogP contribution in [0.1, 0.15) is 17.5 Å². The van der Waals surface area contributed by atoms with Crippen molar-refractivity contribution in [2.24, 2.45) is 0 Å². The topological polar surface area (TPSA) is 47.6 Å². The van der Waals surface area contributed by atoms with Crippen LogP contribution in [0.4, 0.5) is 0 Å². The Labute approximate surface area is 147 Å². The Balaban J connectivity index is 1.77. The lowest BCUT2D eigenvalue weighted by Crippen LogP contribution is -2.25. The summed E-state index contributed by atoms with van der Waals surface area (Å²) in [5.74, 6) is 1.42. The molecule has 0 heterocycles. The number of amides is 1. The third-order valence-corrected chi connectivity index (χ3v) is 4.13. The summed E-state index contributed by atoms with van der Waals surface area (Å²) < 4.78 is 10.5. The van der Waals surface area contributed by atoms with Crippen LogP contribution in [0.25, 0.3) is 0 Å². The molecule has 0 aliphatic carbocycles. The van der Waals surface area contributed by atoms with Gasteiger partial charge in [-0.05, 0) is 42.2 Å². The predicted molar refractivity (Wildman–Crippen MR) is 96.0 cm³/mol. The van der Waals surface area contributed by atoms with Gasteiger partial charge in [0.1, 0.15) is 0 Å². The number of methoxy groups -OCH3 is 2. The fourth-order valence-electron chi connectivity index (χ4n) is 2.42. The maximum Gasteiger partial charge on any atom is 0.220 e. The first-order valence-electron chi connectivity index (χ1n) is 7.85. The molecule has 0 unspecified atom stereocenters. The molecule has 2 aromatic rings. The zero-order valence-electron chi connectivity index (χ0n) is 14.0. The number of aryl methyl sites for hydroxylation is 1. The number of ether oxygens (including phenoxy) is 2. The third kappa shape index (κ3) is 5.17. The molecule has 0 aliphatic rings. The molecule has 5 heteroatoms. The first-order chi connectivity index (χ1) is 11.6. The fourth-order valence-corrected chi connectivity index (χ4v) is 2.65. The van der Waals surface area contributed by atoms with Crippen LogP contribution in [0, 0.1) is 0 Å². The van der Waals surface area contributed by atoms with Crippen LogP contribution in [0.3, 0.4) is 0 Å². The molecule has 0 radical (unpaired) electrons. The molecule has 2 aromatic carbocycles. The van der Waals surface area contributed by atoms with Crippen molar-refractivity contribution >= 4 is 17.5 Å². The van der Waals surface area contributed by atoms with E-state index in [0.29, 0.717) is 35.9 Å². The lowest BCUT2D eigenvalue weighted by atomic mass is 10.1. The number of carbonyl (C=O) groups is 1. The van der Waals surface area contributed by atoms with Crippen molar-refractivity contribution in [1.82, 2.24) is 5.32 Å². The van der Waals surface area contributed by atoms with E-state index in [1.807, 2.05) is 42.5 Å². The molecule has 0 fully saturated rings. The van der Waals surface area contributed by atoms with Crippen LogP contribution >= 0.6 is 11.6 Å². The average molecular weight is 348 g/mol. The van der Waals surface area contributed by atoms with Crippen molar-refractivity contribution in [3.8, 4) is 11.5 Å². The summed E-state index contributed by atoms with van der Waals surface area (Å²) in [5, 5.41) is 3.64. The first-order valence-corrected chi connectivity index (χ1v) is 8.23. The molecule has 1 N–H and O–H groups in total. The number of hydrogen-bond acceptors (Lipinski definition) is 3. The molecule has 0 spiro atoms. The minimum atomic E-state index is 0.0235. The van der Waals surface area contributed by atoms with E-state index in [0.717, 1.165) is 17.5 Å². The normalized spacial score (nSPS) is 10.3. The number of nitrogens with one attached hydrogen (secondary N) is 1. The molecule has 0 bridgehead atoms. The smallest absolute Gasteiger partial charge is 0.220 e. The highest BCUT2D eigenvalue weighted by Gasteiger charge is 2.07. The van der Waals surface area contributed by atoms with E-state index in [1.165, 1.54) is 0 Å². The Morgan fingerprint density at radius 2 is 1.79 bits per heavy atom. The van der Waals surface area contributed by atoms with Gasteiger partial charge in [0.25, 0.3) is 0 Å². The van der Waals surface area contributed by atoms with Crippen molar-refractivity contribution in [1.29, 1.82) is 0 Å². The van der Waals surface area contributed by atoms with Gasteiger partial charge in [0, 0.05) is 18.0 Å². The second-order valence-corrected chi connectivity index (χ2v) is 5.79. The maximum absolute atomic E-state index is 11.9. The monoisotopic (exact) mass is 347 g/mol. The lowest BCUT2D eigenvalue weighted by molar-refractivity contribution is -0.121. The van der Waals surface area contributed by atoms with E-state index in [9.17, 15) is 4.79 Å². The lowest BCUT2D eigenvalue weighted by Gasteiger charge is -2.10. The van der Waals surface area contributed by atoms with E-state index < -0.39 is 0 Å². The second-order valence-electron chi connectivity index (χ2n) is 5.38. The van der Waals surface area contributed by atoms with Crippen molar-refractivity contribution < 1.29 is 14.3 Å². The quantitative estimate of drug-likeness (QED) is 0.793. The van der Waals surface area contributed by atoms with Crippen LogP contribution < -0.4 is 14.8 Å². The summed E-state index contributed by atoms with van der Waals surface area (Å²) in [5.41, 5.74) is 2.08. The molecule has 0 atom stereocenters. The Morgan fingerprint density at radius 3 is 2.50 bits per heavy atom. The standard InChI is InChI=1S/C19H22ClNO3/c1-23-17-9-7-14(13-18(17)24-2)11-12-21-19(22)10-8-15-5-3-4-6-16(15)20/h3-7,9,13H,8,10-12H2,1-2H3,(H,21,22). The summed E-state index contributed by atoms with van der Waals surface area (Å²) in [6, 6.07) is 13.4. The van der Waals surface area contributed by atoms with E-state index in [4.69, 9.17) is 21.1 Å². The van der Waals surface area contributed by atoms with Gasteiger partial charge in [0.05, 0.1) is 14.2 Å². The summed E-state index contributed by atoms with van der Waals surface area (Å²) in [4.78, 5) is 11.9. The maximum atomic E-state index is 11.9. The van der Waals surface area contributed by atoms with Gasteiger partial charge in [-0.15, -0.1) is 0 Å². The molecule has 0 aromatic heterocycles. The SMILES string of the molecule is COc1ccc(CCNC(=O)CCc2ccccc2Cl)cc1OC. The van der Waals surface area contributed by atoms with Gasteiger partial charge < -0.3 is 14.8 Å². The van der Waals surface area contributed by atoms with Crippen molar-refractivity contribution in [2.45, 2.75) is 19.3 Å². The summed E-state index contributed by atoms with van der Waals surface area (Å²) in [7, 11) is 3.22. The molecule has 0 aliphatic heterocycles. The third-order valence-electron chi connectivity index (χ3n) is 3.76. The highest BCUT2D eigenvalue weighted by atomic mass is 35.5. The molecule has 1 amide bonds. The number of rotatable bonds is 8. The van der Waals surface area contributed by atoms with Crippen LogP contribution in [-0.4, -0.2) is 26.7 Å². The van der Waals surface area contributed by atoms with Gasteiger partial charge in [-0.3, -0.25) is 4.79 Å². The molecular formula is C19H22ClNO3. The zero-order chi connectivity index (χ0) is 17.4. The summed E-state index contributed by atoms with van der Waals surface area (Å²) in [6.07, 6.45) is 1.80. The second kappa shape index (κ2) is 9.18. The largest absolute Gasteiger partial charge is 0.493 e. The van der Waals surface area contributed by atoms with E-state index in [1.54, 1.807) is 14.2 Å². The summed E-state index contributed by atoms with van der Waals surface area (Å²) >= 11 is 6.09. The Morgan fingerprint density at radius 1 is 1.04 bits per heavy atom. The molecule has 2 rings (SSSR count). The van der Waals surface area contributed by atoms with Crippen molar-refractivity contribution in [2.75, 3.05) is 20.8 Å². The van der Waals surface area contributed by atoms with Gasteiger partial charge in [0.15, 0.2) is 11.5 Å². The van der Waals surface area contributed by atoms with E-state index >= 15 is 0 Å². The Bertz CT molecular complexity index is 688. The minimum absolute atomic E-state index is 0.0235. The number of halogens is 1. The summed E-state index contributed by atoms with van der Waals surface area (Å²) in [6.45, 7) is 0.580. The van der Waals surface area contributed by atoms with Crippen molar-refractivity contribution in [3.05, 3.63) is 58.6 Å². The fraction of sp³-hybridized carbons (Fsp3) is 0.316. The molecular weight excluding hydrogens is 326 g/mol. The highest BCUT2D eigenvalue weighted by molar-refractivity contribution is 6.31. The van der Waals surface area contributed by atoms with Gasteiger partial charge in [-0.1, -0.05) is 35.9 Å². The first kappa shape index (κ1) is 18.1. The number of hydrogen-bond donors (Lipinski definition) is 1. The molecule has 128 valence electrons. The van der Waals surface area contributed by atoms with Crippen LogP contribution in [-0.2, 0) is 17.6 Å².